The number of hydrogen-bond donors (Lipinski definition) is 1. The molecule has 4 nitrogen and oxygen atoms in total. The van der Waals surface area contributed by atoms with Crippen LogP contribution in [0.1, 0.15) is 47.4 Å². The van der Waals surface area contributed by atoms with Crippen molar-refractivity contribution < 1.29 is 13.6 Å². The summed E-state index contributed by atoms with van der Waals surface area (Å²) in [7, 11) is 0. The SMILES string of the molecule is O=C1CCc2cc(CCN3CCC(c4c[nH]c5ccc(F)cc45)CC3)c(F)c3c2N1CC3. The number of nitrogens with one attached hydrogen (secondary N) is 1. The number of anilines is 1. The van der Waals surface area contributed by atoms with E-state index in [4.69, 9.17) is 0 Å². The number of aromatic amines is 1. The molecule has 4 heterocycles. The fourth-order valence-corrected chi connectivity index (χ4v) is 5.93. The number of H-pyrrole nitrogens is 1. The van der Waals surface area contributed by atoms with Gasteiger partial charge in [-0.3, -0.25) is 4.79 Å². The van der Waals surface area contributed by atoms with E-state index in [1.807, 2.05) is 12.3 Å². The zero-order valence-corrected chi connectivity index (χ0v) is 18.1. The van der Waals surface area contributed by atoms with E-state index >= 15 is 4.39 Å². The molecule has 3 aliphatic rings. The molecule has 1 aromatic heterocycles. The molecule has 0 atom stereocenters. The minimum Gasteiger partial charge on any atom is -0.361 e. The van der Waals surface area contributed by atoms with E-state index in [2.05, 4.69) is 9.88 Å². The van der Waals surface area contributed by atoms with Crippen LogP contribution in [0.15, 0.2) is 30.5 Å². The Labute approximate surface area is 186 Å². The molecule has 1 N–H and O–H groups in total. The number of amides is 1. The van der Waals surface area contributed by atoms with Crippen LogP contribution in [0, 0.1) is 11.6 Å². The molecular formula is C26H27F2N3O. The van der Waals surface area contributed by atoms with Gasteiger partial charge in [0.25, 0.3) is 0 Å². The second kappa shape index (κ2) is 7.69. The quantitative estimate of drug-likeness (QED) is 0.645. The molecule has 1 amide bonds. The van der Waals surface area contributed by atoms with E-state index in [-0.39, 0.29) is 17.5 Å². The summed E-state index contributed by atoms with van der Waals surface area (Å²) < 4.78 is 28.9. The van der Waals surface area contributed by atoms with E-state index in [1.54, 1.807) is 17.0 Å². The number of rotatable bonds is 4. The van der Waals surface area contributed by atoms with Crippen LogP contribution < -0.4 is 4.90 Å². The van der Waals surface area contributed by atoms with Crippen molar-refractivity contribution in [2.75, 3.05) is 31.1 Å². The Balaban J connectivity index is 1.13. The van der Waals surface area contributed by atoms with Crippen LogP contribution in [0.25, 0.3) is 10.9 Å². The van der Waals surface area contributed by atoms with Crippen LogP contribution in [0.4, 0.5) is 14.5 Å². The van der Waals surface area contributed by atoms with E-state index in [0.717, 1.165) is 72.2 Å². The van der Waals surface area contributed by atoms with E-state index in [0.29, 0.717) is 31.7 Å². The molecule has 1 saturated heterocycles. The lowest BCUT2D eigenvalue weighted by Gasteiger charge is -2.32. The summed E-state index contributed by atoms with van der Waals surface area (Å²) >= 11 is 0. The Morgan fingerprint density at radius 1 is 1.03 bits per heavy atom. The Bertz CT molecular complexity index is 1210. The number of aryl methyl sites for hydroxylation is 1. The van der Waals surface area contributed by atoms with Gasteiger partial charge in [0.2, 0.25) is 5.91 Å². The number of carbonyl (C=O) groups excluding carboxylic acids is 1. The Morgan fingerprint density at radius 2 is 1.88 bits per heavy atom. The van der Waals surface area contributed by atoms with Crippen molar-refractivity contribution in [3.63, 3.8) is 0 Å². The maximum atomic E-state index is 15.2. The predicted molar refractivity (Wildman–Crippen MR) is 121 cm³/mol. The lowest BCUT2D eigenvalue weighted by atomic mass is 9.89. The monoisotopic (exact) mass is 435 g/mol. The van der Waals surface area contributed by atoms with Gasteiger partial charge in [-0.15, -0.1) is 0 Å². The zero-order chi connectivity index (χ0) is 21.8. The average Bonchev–Trinajstić information content (AvgIpc) is 3.43. The van der Waals surface area contributed by atoms with Crippen molar-refractivity contribution in [2.45, 2.75) is 44.4 Å². The summed E-state index contributed by atoms with van der Waals surface area (Å²) in [4.78, 5) is 19.6. The van der Waals surface area contributed by atoms with Crippen molar-refractivity contribution >= 4 is 22.5 Å². The molecule has 0 radical (unpaired) electrons. The first-order valence-corrected chi connectivity index (χ1v) is 11.7. The van der Waals surface area contributed by atoms with Crippen molar-refractivity contribution in [1.29, 1.82) is 0 Å². The summed E-state index contributed by atoms with van der Waals surface area (Å²) in [5.74, 6) is 0.256. The summed E-state index contributed by atoms with van der Waals surface area (Å²) in [5, 5.41) is 0.991. The number of nitrogens with zero attached hydrogens (tertiary/aromatic N) is 2. The van der Waals surface area contributed by atoms with Gasteiger partial charge in [0.05, 0.1) is 5.69 Å². The summed E-state index contributed by atoms with van der Waals surface area (Å²) in [6, 6.07) is 6.93. The van der Waals surface area contributed by atoms with Gasteiger partial charge in [-0.2, -0.15) is 0 Å². The average molecular weight is 436 g/mol. The Kier molecular flexibility index (Phi) is 4.79. The van der Waals surface area contributed by atoms with Crippen LogP contribution in [-0.2, 0) is 24.1 Å². The molecule has 2 aromatic carbocycles. The Hall–Kier alpha value is -2.73. The fourth-order valence-electron chi connectivity index (χ4n) is 5.93. The first-order valence-electron chi connectivity index (χ1n) is 11.7. The molecule has 6 rings (SSSR count). The molecule has 0 bridgehead atoms. The highest BCUT2D eigenvalue weighted by Crippen LogP contribution is 2.40. The maximum Gasteiger partial charge on any atom is 0.227 e. The van der Waals surface area contributed by atoms with Crippen LogP contribution in [0.3, 0.4) is 0 Å². The van der Waals surface area contributed by atoms with Crippen molar-refractivity contribution in [1.82, 2.24) is 9.88 Å². The van der Waals surface area contributed by atoms with E-state index in [1.165, 1.54) is 11.6 Å². The zero-order valence-electron chi connectivity index (χ0n) is 18.1. The molecule has 166 valence electrons. The van der Waals surface area contributed by atoms with Gasteiger partial charge in [-0.1, -0.05) is 6.07 Å². The van der Waals surface area contributed by atoms with Gasteiger partial charge >= 0.3 is 0 Å². The third-order valence-electron chi connectivity index (χ3n) is 7.65. The number of likely N-dealkylation sites (tertiary alicyclic amines) is 1. The lowest BCUT2D eigenvalue weighted by molar-refractivity contribution is -0.118. The smallest absolute Gasteiger partial charge is 0.227 e. The summed E-state index contributed by atoms with van der Waals surface area (Å²) in [6.45, 7) is 3.39. The normalized spacial score (nSPS) is 19.2. The first kappa shape index (κ1) is 19.9. The largest absolute Gasteiger partial charge is 0.361 e. The molecule has 0 unspecified atom stereocenters. The van der Waals surface area contributed by atoms with Crippen LogP contribution in [0.5, 0.6) is 0 Å². The number of aromatic nitrogens is 1. The minimum atomic E-state index is -0.196. The molecule has 3 aliphatic heterocycles. The highest BCUT2D eigenvalue weighted by Gasteiger charge is 2.34. The number of fused-ring (bicyclic) bond motifs is 1. The van der Waals surface area contributed by atoms with Crippen LogP contribution in [-0.4, -0.2) is 42.0 Å². The Morgan fingerprint density at radius 3 is 2.72 bits per heavy atom. The molecule has 1 fully saturated rings. The third kappa shape index (κ3) is 3.24. The van der Waals surface area contributed by atoms with Gasteiger partial charge in [0.15, 0.2) is 0 Å². The van der Waals surface area contributed by atoms with Gasteiger partial charge in [0.1, 0.15) is 11.6 Å². The van der Waals surface area contributed by atoms with Crippen LogP contribution >= 0.6 is 0 Å². The van der Waals surface area contributed by atoms with Gasteiger partial charge in [-0.05, 0) is 86.0 Å². The second-order valence-electron chi connectivity index (χ2n) is 9.43. The van der Waals surface area contributed by atoms with Crippen molar-refractivity contribution in [3.8, 4) is 0 Å². The van der Waals surface area contributed by atoms with Gasteiger partial charge in [-0.25, -0.2) is 8.78 Å². The molecule has 0 saturated carbocycles. The van der Waals surface area contributed by atoms with Crippen molar-refractivity contribution in [3.05, 3.63) is 64.4 Å². The highest BCUT2D eigenvalue weighted by molar-refractivity contribution is 5.98. The predicted octanol–water partition coefficient (Wildman–Crippen LogP) is 4.70. The van der Waals surface area contributed by atoms with E-state index < -0.39 is 0 Å². The van der Waals surface area contributed by atoms with Crippen molar-refractivity contribution in [2.24, 2.45) is 0 Å². The highest BCUT2D eigenvalue weighted by atomic mass is 19.1. The number of benzene rings is 2. The minimum absolute atomic E-state index is 0.100. The second-order valence-corrected chi connectivity index (χ2v) is 9.43. The molecule has 0 aliphatic carbocycles. The van der Waals surface area contributed by atoms with Gasteiger partial charge < -0.3 is 14.8 Å². The fraction of sp³-hybridized carbons (Fsp3) is 0.423. The lowest BCUT2D eigenvalue weighted by Crippen LogP contribution is -2.34. The summed E-state index contributed by atoms with van der Waals surface area (Å²) in [5.41, 5.74) is 5.74. The van der Waals surface area contributed by atoms with Gasteiger partial charge in [0, 0.05) is 42.2 Å². The third-order valence-corrected chi connectivity index (χ3v) is 7.65. The topological polar surface area (TPSA) is 39.3 Å². The molecule has 32 heavy (non-hydrogen) atoms. The molecule has 3 aromatic rings. The number of carbonyl (C=O) groups is 1. The first-order chi connectivity index (χ1) is 15.6. The molecule has 0 spiro atoms. The standard InChI is InChI=1S/C26H27F2N3O/c27-19-2-3-23-21(14-19)22(15-29-23)16-5-9-30(10-6-16)11-7-17-13-18-1-4-24(32)31-12-8-20(25(17)28)26(18)31/h2-3,13-16,29H,1,4-12H2. The molecule has 6 heteroatoms. The maximum absolute atomic E-state index is 15.2. The number of halogens is 2. The summed E-state index contributed by atoms with van der Waals surface area (Å²) in [6.07, 6.45) is 6.67. The van der Waals surface area contributed by atoms with Crippen LogP contribution in [0.2, 0.25) is 0 Å². The molecular weight excluding hydrogens is 408 g/mol. The van der Waals surface area contributed by atoms with E-state index in [9.17, 15) is 9.18 Å². The number of hydrogen-bond acceptors (Lipinski definition) is 2. The number of piperidine rings is 1.